The molecule has 16 heavy (non-hydrogen) atoms. The van der Waals surface area contributed by atoms with Gasteiger partial charge in [-0.15, -0.1) is 0 Å². The Morgan fingerprint density at radius 3 is 2.75 bits per heavy atom. The highest BCUT2D eigenvalue weighted by Gasteiger charge is 2.04. The van der Waals surface area contributed by atoms with Crippen LogP contribution in [0.5, 0.6) is 0 Å². The van der Waals surface area contributed by atoms with Crippen molar-refractivity contribution in [2.24, 2.45) is 0 Å². The van der Waals surface area contributed by atoms with Gasteiger partial charge in [0.15, 0.2) is 0 Å². The Morgan fingerprint density at radius 1 is 1.38 bits per heavy atom. The molecule has 0 saturated heterocycles. The molecule has 0 saturated carbocycles. The van der Waals surface area contributed by atoms with Crippen LogP contribution in [0.25, 0.3) is 0 Å². The molecule has 1 aromatic carbocycles. The smallest absolute Gasteiger partial charge is 0.123 e. The van der Waals surface area contributed by atoms with E-state index in [1.807, 2.05) is 13.1 Å². The Balaban J connectivity index is 1.93. The van der Waals surface area contributed by atoms with Crippen molar-refractivity contribution in [1.29, 1.82) is 0 Å². The first-order valence-electron chi connectivity index (χ1n) is 5.22. The SMILES string of the molecule is CC(NCc1cn[nH]c1)c1ccc(F)cc1. The lowest BCUT2D eigenvalue weighted by Gasteiger charge is -2.13. The topological polar surface area (TPSA) is 40.7 Å². The second-order valence-electron chi connectivity index (χ2n) is 3.76. The van der Waals surface area contributed by atoms with E-state index in [-0.39, 0.29) is 11.9 Å². The van der Waals surface area contributed by atoms with E-state index in [1.54, 1.807) is 18.3 Å². The molecule has 2 N–H and O–H groups in total. The molecule has 0 aliphatic rings. The highest BCUT2D eigenvalue weighted by molar-refractivity contribution is 5.19. The van der Waals surface area contributed by atoms with E-state index in [1.165, 1.54) is 12.1 Å². The summed E-state index contributed by atoms with van der Waals surface area (Å²) in [5.41, 5.74) is 2.18. The number of hydrogen-bond donors (Lipinski definition) is 2. The minimum absolute atomic E-state index is 0.190. The van der Waals surface area contributed by atoms with Crippen molar-refractivity contribution in [3.05, 3.63) is 53.6 Å². The van der Waals surface area contributed by atoms with Gasteiger partial charge in [0.25, 0.3) is 0 Å². The second-order valence-corrected chi connectivity index (χ2v) is 3.76. The highest BCUT2D eigenvalue weighted by atomic mass is 19.1. The van der Waals surface area contributed by atoms with Crippen LogP contribution in [0.3, 0.4) is 0 Å². The first kappa shape index (κ1) is 10.8. The van der Waals surface area contributed by atoms with Gasteiger partial charge in [0, 0.05) is 24.3 Å². The largest absolute Gasteiger partial charge is 0.306 e. The molecule has 0 radical (unpaired) electrons. The maximum atomic E-state index is 12.7. The molecule has 4 heteroatoms. The van der Waals surface area contributed by atoms with Crippen LogP contribution in [0, 0.1) is 5.82 Å². The summed E-state index contributed by atoms with van der Waals surface area (Å²) in [5, 5.41) is 9.97. The van der Waals surface area contributed by atoms with Gasteiger partial charge in [0.05, 0.1) is 6.20 Å². The minimum atomic E-state index is -0.203. The number of nitrogens with one attached hydrogen (secondary N) is 2. The van der Waals surface area contributed by atoms with Gasteiger partial charge in [-0.2, -0.15) is 5.10 Å². The van der Waals surface area contributed by atoms with E-state index in [9.17, 15) is 4.39 Å². The fraction of sp³-hybridized carbons (Fsp3) is 0.250. The summed E-state index contributed by atoms with van der Waals surface area (Å²) in [7, 11) is 0. The molecule has 1 atom stereocenters. The maximum absolute atomic E-state index is 12.7. The Kier molecular flexibility index (Phi) is 3.31. The molecule has 84 valence electrons. The van der Waals surface area contributed by atoms with E-state index in [0.29, 0.717) is 0 Å². The van der Waals surface area contributed by atoms with Gasteiger partial charge >= 0.3 is 0 Å². The van der Waals surface area contributed by atoms with Gasteiger partial charge < -0.3 is 5.32 Å². The Hall–Kier alpha value is -1.68. The number of nitrogens with zero attached hydrogens (tertiary/aromatic N) is 1. The van der Waals surface area contributed by atoms with Crippen molar-refractivity contribution in [3.63, 3.8) is 0 Å². The Bertz CT molecular complexity index is 422. The van der Waals surface area contributed by atoms with Crippen LogP contribution in [-0.4, -0.2) is 10.2 Å². The van der Waals surface area contributed by atoms with E-state index in [0.717, 1.165) is 17.7 Å². The predicted molar refractivity (Wildman–Crippen MR) is 60.2 cm³/mol. The summed E-state index contributed by atoms with van der Waals surface area (Å²) in [6.07, 6.45) is 3.63. The number of halogens is 1. The molecule has 0 aliphatic heterocycles. The molecule has 1 aromatic heterocycles. The molecular weight excluding hydrogens is 205 g/mol. The first-order chi connectivity index (χ1) is 7.75. The molecule has 0 fully saturated rings. The van der Waals surface area contributed by atoms with E-state index in [2.05, 4.69) is 15.5 Å². The van der Waals surface area contributed by atoms with Crippen LogP contribution in [-0.2, 0) is 6.54 Å². The summed E-state index contributed by atoms with van der Waals surface area (Å²) in [5.74, 6) is -0.203. The molecular formula is C12H14FN3. The molecule has 0 bridgehead atoms. The van der Waals surface area contributed by atoms with Crippen LogP contribution in [0.4, 0.5) is 4.39 Å². The van der Waals surface area contributed by atoms with E-state index >= 15 is 0 Å². The zero-order valence-electron chi connectivity index (χ0n) is 9.07. The Morgan fingerprint density at radius 2 is 2.12 bits per heavy atom. The van der Waals surface area contributed by atoms with E-state index in [4.69, 9.17) is 0 Å². The summed E-state index contributed by atoms with van der Waals surface area (Å²) in [6, 6.07) is 6.73. The molecule has 0 amide bonds. The molecule has 0 aliphatic carbocycles. The van der Waals surface area contributed by atoms with Crippen molar-refractivity contribution in [2.45, 2.75) is 19.5 Å². The summed E-state index contributed by atoms with van der Waals surface area (Å²) < 4.78 is 12.7. The predicted octanol–water partition coefficient (Wildman–Crippen LogP) is 2.40. The number of H-pyrrole nitrogens is 1. The summed E-state index contributed by atoms with van der Waals surface area (Å²) in [6.45, 7) is 2.79. The summed E-state index contributed by atoms with van der Waals surface area (Å²) >= 11 is 0. The first-order valence-corrected chi connectivity index (χ1v) is 5.22. The average molecular weight is 219 g/mol. The van der Waals surface area contributed by atoms with Gasteiger partial charge in [-0.25, -0.2) is 4.39 Å². The lowest BCUT2D eigenvalue weighted by Crippen LogP contribution is -2.17. The van der Waals surface area contributed by atoms with Crippen LogP contribution in [0.2, 0.25) is 0 Å². The van der Waals surface area contributed by atoms with Crippen molar-refractivity contribution >= 4 is 0 Å². The minimum Gasteiger partial charge on any atom is -0.306 e. The van der Waals surface area contributed by atoms with Crippen LogP contribution >= 0.6 is 0 Å². The fourth-order valence-corrected chi connectivity index (χ4v) is 1.51. The number of aromatic nitrogens is 2. The van der Waals surface area contributed by atoms with Crippen molar-refractivity contribution in [2.75, 3.05) is 0 Å². The van der Waals surface area contributed by atoms with Crippen molar-refractivity contribution in [3.8, 4) is 0 Å². The number of benzene rings is 1. The number of aromatic amines is 1. The highest BCUT2D eigenvalue weighted by Crippen LogP contribution is 2.13. The lowest BCUT2D eigenvalue weighted by molar-refractivity contribution is 0.571. The zero-order chi connectivity index (χ0) is 11.4. The molecule has 1 heterocycles. The lowest BCUT2D eigenvalue weighted by atomic mass is 10.1. The van der Waals surface area contributed by atoms with Crippen molar-refractivity contribution < 1.29 is 4.39 Å². The number of rotatable bonds is 4. The van der Waals surface area contributed by atoms with Gasteiger partial charge in [-0.05, 0) is 24.6 Å². The maximum Gasteiger partial charge on any atom is 0.123 e. The molecule has 0 spiro atoms. The van der Waals surface area contributed by atoms with E-state index < -0.39 is 0 Å². The molecule has 3 nitrogen and oxygen atoms in total. The van der Waals surface area contributed by atoms with Crippen molar-refractivity contribution in [1.82, 2.24) is 15.5 Å². The van der Waals surface area contributed by atoms with Gasteiger partial charge in [-0.1, -0.05) is 12.1 Å². The quantitative estimate of drug-likeness (QED) is 0.829. The normalized spacial score (nSPS) is 12.6. The average Bonchev–Trinajstić information content (AvgIpc) is 2.80. The van der Waals surface area contributed by atoms with Gasteiger partial charge in [-0.3, -0.25) is 5.10 Å². The second kappa shape index (κ2) is 4.90. The van der Waals surface area contributed by atoms with Gasteiger partial charge in [0.1, 0.15) is 5.82 Å². The standard InChI is InChI=1S/C12H14FN3/c1-9(11-2-4-12(13)5-3-11)14-6-10-7-15-16-8-10/h2-5,7-9,14H,6H2,1H3,(H,15,16). The third-order valence-electron chi connectivity index (χ3n) is 2.54. The number of hydrogen-bond acceptors (Lipinski definition) is 2. The third kappa shape index (κ3) is 2.67. The summed E-state index contributed by atoms with van der Waals surface area (Å²) in [4.78, 5) is 0. The third-order valence-corrected chi connectivity index (χ3v) is 2.54. The van der Waals surface area contributed by atoms with Crippen LogP contribution in [0.1, 0.15) is 24.1 Å². The molecule has 1 unspecified atom stereocenters. The Labute approximate surface area is 93.7 Å². The fourth-order valence-electron chi connectivity index (χ4n) is 1.51. The van der Waals surface area contributed by atoms with Crippen LogP contribution in [0.15, 0.2) is 36.7 Å². The molecule has 2 rings (SSSR count). The van der Waals surface area contributed by atoms with Crippen LogP contribution < -0.4 is 5.32 Å². The molecule has 2 aromatic rings. The zero-order valence-corrected chi connectivity index (χ0v) is 9.07. The van der Waals surface area contributed by atoms with Gasteiger partial charge in [0.2, 0.25) is 0 Å². The monoisotopic (exact) mass is 219 g/mol.